The third-order valence-corrected chi connectivity index (χ3v) is 4.26. The van der Waals surface area contributed by atoms with E-state index in [0.29, 0.717) is 5.16 Å². The highest BCUT2D eigenvalue weighted by Gasteiger charge is 2.12. The Balaban J connectivity index is 1.58. The van der Waals surface area contributed by atoms with Crippen LogP contribution in [0, 0.1) is 0 Å². The zero-order chi connectivity index (χ0) is 14.7. The number of hydrogen-bond acceptors (Lipinski definition) is 4. The van der Waals surface area contributed by atoms with Gasteiger partial charge in [-0.15, -0.1) is 0 Å². The molecule has 0 unspecified atom stereocenters. The van der Waals surface area contributed by atoms with Gasteiger partial charge in [-0.1, -0.05) is 17.8 Å². The number of thioether (sulfide) groups is 1. The fraction of sp³-hybridized carbons (Fsp3) is 0.267. The zero-order valence-corrected chi connectivity index (χ0v) is 12.2. The molecule has 1 amide bonds. The van der Waals surface area contributed by atoms with Gasteiger partial charge in [-0.25, -0.2) is 4.98 Å². The number of nitrogens with one attached hydrogen (secondary N) is 2. The topological polar surface area (TPSA) is 74.8 Å². The van der Waals surface area contributed by atoms with Crippen LogP contribution in [0.5, 0.6) is 0 Å². The summed E-state index contributed by atoms with van der Waals surface area (Å²) < 4.78 is 0. The minimum absolute atomic E-state index is 0.107. The lowest BCUT2D eigenvalue weighted by Crippen LogP contribution is -2.15. The molecule has 0 saturated carbocycles. The van der Waals surface area contributed by atoms with Gasteiger partial charge in [-0.05, 0) is 42.5 Å². The maximum Gasteiger partial charge on any atom is 0.251 e. The van der Waals surface area contributed by atoms with E-state index in [9.17, 15) is 9.59 Å². The van der Waals surface area contributed by atoms with E-state index in [-0.39, 0.29) is 17.2 Å². The fourth-order valence-corrected chi connectivity index (χ4v) is 3.05. The van der Waals surface area contributed by atoms with E-state index in [1.807, 2.05) is 12.1 Å². The first-order valence-corrected chi connectivity index (χ1v) is 7.79. The van der Waals surface area contributed by atoms with Crippen molar-refractivity contribution in [1.82, 2.24) is 9.97 Å². The number of benzene rings is 1. The molecule has 0 bridgehead atoms. The Kier molecular flexibility index (Phi) is 4.06. The lowest BCUT2D eigenvalue weighted by atomic mass is 10.1. The Morgan fingerprint density at radius 3 is 3.00 bits per heavy atom. The highest BCUT2D eigenvalue weighted by atomic mass is 32.2. The molecule has 2 aromatic rings. The normalized spacial score (nSPS) is 13.0. The van der Waals surface area contributed by atoms with Gasteiger partial charge in [0.05, 0.1) is 5.75 Å². The number of aromatic amines is 1. The zero-order valence-electron chi connectivity index (χ0n) is 11.4. The van der Waals surface area contributed by atoms with Gasteiger partial charge in [-0.3, -0.25) is 9.59 Å². The third-order valence-electron chi connectivity index (χ3n) is 3.37. The number of anilines is 1. The maximum absolute atomic E-state index is 11.9. The van der Waals surface area contributed by atoms with Crippen molar-refractivity contribution in [3.63, 3.8) is 0 Å². The molecule has 1 heterocycles. The molecule has 1 aliphatic carbocycles. The number of fused-ring (bicyclic) bond motifs is 1. The van der Waals surface area contributed by atoms with Gasteiger partial charge in [0.1, 0.15) is 0 Å². The summed E-state index contributed by atoms with van der Waals surface area (Å²) in [5.41, 5.74) is 3.32. The van der Waals surface area contributed by atoms with Crippen molar-refractivity contribution in [2.75, 3.05) is 11.1 Å². The number of H-pyrrole nitrogens is 1. The smallest absolute Gasteiger partial charge is 0.251 e. The average Bonchev–Trinajstić information content (AvgIpc) is 2.93. The molecule has 6 heteroatoms. The number of aryl methyl sites for hydroxylation is 2. The largest absolute Gasteiger partial charge is 0.325 e. The maximum atomic E-state index is 11.9. The van der Waals surface area contributed by atoms with E-state index in [2.05, 4.69) is 21.4 Å². The van der Waals surface area contributed by atoms with Crippen LogP contribution in [0.25, 0.3) is 0 Å². The molecule has 5 nitrogen and oxygen atoms in total. The Morgan fingerprint density at radius 1 is 1.29 bits per heavy atom. The van der Waals surface area contributed by atoms with Gasteiger partial charge in [-0.2, -0.15) is 0 Å². The molecule has 1 aromatic heterocycles. The van der Waals surface area contributed by atoms with E-state index in [0.717, 1.165) is 18.5 Å². The lowest BCUT2D eigenvalue weighted by molar-refractivity contribution is -0.113. The van der Waals surface area contributed by atoms with E-state index >= 15 is 0 Å². The van der Waals surface area contributed by atoms with Gasteiger partial charge >= 0.3 is 0 Å². The second kappa shape index (κ2) is 6.13. The van der Waals surface area contributed by atoms with E-state index in [1.54, 1.807) is 0 Å². The second-order valence-corrected chi connectivity index (χ2v) is 5.88. The number of carbonyl (C=O) groups is 1. The minimum Gasteiger partial charge on any atom is -0.325 e. The monoisotopic (exact) mass is 301 g/mol. The van der Waals surface area contributed by atoms with Gasteiger partial charge in [0.25, 0.3) is 5.56 Å². The van der Waals surface area contributed by atoms with Crippen LogP contribution in [0.2, 0.25) is 0 Å². The van der Waals surface area contributed by atoms with Crippen molar-refractivity contribution in [2.24, 2.45) is 0 Å². The summed E-state index contributed by atoms with van der Waals surface area (Å²) in [6.07, 6.45) is 4.84. The number of carbonyl (C=O) groups excluding carboxylic acids is 1. The van der Waals surface area contributed by atoms with Gasteiger partial charge in [0, 0.05) is 18.0 Å². The number of nitrogens with zero attached hydrogens (tertiary/aromatic N) is 1. The second-order valence-electron chi connectivity index (χ2n) is 4.91. The quantitative estimate of drug-likeness (QED) is 0.669. The predicted octanol–water partition coefficient (Wildman–Crippen LogP) is 1.99. The highest BCUT2D eigenvalue weighted by Crippen LogP contribution is 2.25. The van der Waals surface area contributed by atoms with Crippen molar-refractivity contribution in [1.29, 1.82) is 0 Å². The number of hydrogen-bond donors (Lipinski definition) is 2. The molecule has 0 atom stereocenters. The fourth-order valence-electron chi connectivity index (χ4n) is 2.41. The summed E-state index contributed by atoms with van der Waals surface area (Å²) in [6.45, 7) is 0. The molecular weight excluding hydrogens is 286 g/mol. The summed E-state index contributed by atoms with van der Waals surface area (Å²) >= 11 is 1.21. The molecule has 1 aromatic carbocycles. The van der Waals surface area contributed by atoms with Gasteiger partial charge in [0.2, 0.25) is 5.91 Å². The molecule has 0 saturated heterocycles. The summed E-state index contributed by atoms with van der Waals surface area (Å²) in [4.78, 5) is 29.6. The number of rotatable bonds is 4. The molecule has 1 aliphatic rings. The molecule has 0 radical (unpaired) electrons. The first-order chi connectivity index (χ1) is 10.2. The SMILES string of the molecule is O=C(CSc1nccc(=O)[nH]1)Nc1ccc2c(c1)CCC2. The van der Waals surface area contributed by atoms with E-state index < -0.39 is 0 Å². The summed E-state index contributed by atoms with van der Waals surface area (Å²) in [5.74, 6) is 0.105. The first kappa shape index (κ1) is 13.9. The van der Waals surface area contributed by atoms with Crippen molar-refractivity contribution in [3.8, 4) is 0 Å². The molecule has 0 aliphatic heterocycles. The van der Waals surface area contributed by atoms with Crippen LogP contribution in [-0.2, 0) is 17.6 Å². The Bertz CT molecular complexity index is 727. The molecule has 2 N–H and O–H groups in total. The molecule has 0 fully saturated rings. The van der Waals surface area contributed by atoms with E-state index in [1.165, 1.54) is 41.6 Å². The Labute approximate surface area is 126 Å². The number of aromatic nitrogens is 2. The standard InChI is InChI=1S/C15H15N3O2S/c19-13-6-7-16-15(18-13)21-9-14(20)17-12-5-4-10-2-1-3-11(10)8-12/h4-8H,1-3,9H2,(H,17,20)(H,16,18,19). The third kappa shape index (κ3) is 3.52. The van der Waals surface area contributed by atoms with Crippen molar-refractivity contribution in [2.45, 2.75) is 24.4 Å². The predicted molar refractivity (Wildman–Crippen MR) is 82.7 cm³/mol. The molecule has 0 spiro atoms. The minimum atomic E-state index is -0.216. The Hall–Kier alpha value is -2.08. The molecular formula is C15H15N3O2S. The van der Waals surface area contributed by atoms with Crippen molar-refractivity contribution < 1.29 is 4.79 Å². The number of amides is 1. The van der Waals surface area contributed by atoms with Gasteiger partial charge < -0.3 is 10.3 Å². The molecule has 108 valence electrons. The first-order valence-electron chi connectivity index (χ1n) is 6.80. The summed E-state index contributed by atoms with van der Waals surface area (Å²) in [6, 6.07) is 7.42. The van der Waals surface area contributed by atoms with Crippen LogP contribution in [0.3, 0.4) is 0 Å². The average molecular weight is 301 g/mol. The van der Waals surface area contributed by atoms with Crippen LogP contribution in [0.15, 0.2) is 40.4 Å². The van der Waals surface area contributed by atoms with Crippen LogP contribution in [0.1, 0.15) is 17.5 Å². The van der Waals surface area contributed by atoms with Crippen LogP contribution >= 0.6 is 11.8 Å². The van der Waals surface area contributed by atoms with Gasteiger partial charge in [0.15, 0.2) is 5.16 Å². The summed E-state index contributed by atoms with van der Waals surface area (Å²) in [5, 5.41) is 3.33. The van der Waals surface area contributed by atoms with Crippen molar-refractivity contribution >= 4 is 23.4 Å². The van der Waals surface area contributed by atoms with Crippen LogP contribution in [0.4, 0.5) is 5.69 Å². The van der Waals surface area contributed by atoms with E-state index in [4.69, 9.17) is 0 Å². The lowest BCUT2D eigenvalue weighted by Gasteiger charge is -2.07. The Morgan fingerprint density at radius 2 is 2.14 bits per heavy atom. The summed E-state index contributed by atoms with van der Waals surface area (Å²) in [7, 11) is 0. The van der Waals surface area contributed by atoms with Crippen LogP contribution < -0.4 is 10.9 Å². The molecule has 21 heavy (non-hydrogen) atoms. The molecule has 3 rings (SSSR count). The van der Waals surface area contributed by atoms with Crippen LogP contribution in [-0.4, -0.2) is 21.6 Å². The van der Waals surface area contributed by atoms with Crippen molar-refractivity contribution in [3.05, 3.63) is 51.9 Å². The highest BCUT2D eigenvalue weighted by molar-refractivity contribution is 7.99.